The number of halogens is 1. The second-order valence-corrected chi connectivity index (χ2v) is 5.56. The van der Waals surface area contributed by atoms with Crippen molar-refractivity contribution in [2.45, 2.75) is 33.2 Å². The summed E-state index contributed by atoms with van der Waals surface area (Å²) in [5.74, 6) is 0.279. The van der Waals surface area contributed by atoms with Crippen molar-refractivity contribution in [2.24, 2.45) is 11.7 Å². The first-order valence-electron chi connectivity index (χ1n) is 5.72. The quantitative estimate of drug-likeness (QED) is 0.897. The van der Waals surface area contributed by atoms with Gasteiger partial charge in [0, 0.05) is 4.47 Å². The number of nitrogens with one attached hydrogen (secondary N) is 1. The number of hydrogen-bond acceptors (Lipinski definition) is 2. The van der Waals surface area contributed by atoms with Gasteiger partial charge >= 0.3 is 0 Å². The van der Waals surface area contributed by atoms with Crippen LogP contribution in [0.15, 0.2) is 22.7 Å². The molecule has 0 fully saturated rings. The highest BCUT2D eigenvalue weighted by atomic mass is 79.9. The van der Waals surface area contributed by atoms with Crippen molar-refractivity contribution in [2.75, 3.05) is 5.32 Å². The smallest absolute Gasteiger partial charge is 0.241 e. The summed E-state index contributed by atoms with van der Waals surface area (Å²) in [6.07, 6.45) is 0.690. The van der Waals surface area contributed by atoms with Crippen LogP contribution in [0.2, 0.25) is 0 Å². The Hall–Kier alpha value is -0.870. The van der Waals surface area contributed by atoms with Gasteiger partial charge in [-0.25, -0.2) is 0 Å². The van der Waals surface area contributed by atoms with Gasteiger partial charge in [-0.2, -0.15) is 0 Å². The van der Waals surface area contributed by atoms with Crippen LogP contribution < -0.4 is 11.1 Å². The molecule has 1 aromatic carbocycles. The molecule has 1 amide bonds. The Morgan fingerprint density at radius 1 is 1.47 bits per heavy atom. The van der Waals surface area contributed by atoms with Crippen LogP contribution in [0.25, 0.3) is 0 Å². The van der Waals surface area contributed by atoms with Crippen LogP contribution >= 0.6 is 15.9 Å². The Morgan fingerprint density at radius 3 is 2.71 bits per heavy atom. The molecular weight excluding hydrogens is 280 g/mol. The predicted octanol–water partition coefficient (Wildman–Crippen LogP) is 3.07. The van der Waals surface area contributed by atoms with Gasteiger partial charge in [-0.3, -0.25) is 4.79 Å². The van der Waals surface area contributed by atoms with Gasteiger partial charge in [0.2, 0.25) is 5.91 Å². The second-order valence-electron chi connectivity index (χ2n) is 4.71. The lowest BCUT2D eigenvalue weighted by Crippen LogP contribution is -2.36. The molecule has 1 atom stereocenters. The SMILES string of the molecule is Cc1ccc(Br)c(NC(=O)[C@@H](N)CC(C)C)c1. The van der Waals surface area contributed by atoms with E-state index in [1.165, 1.54) is 0 Å². The van der Waals surface area contributed by atoms with Gasteiger partial charge in [0.1, 0.15) is 0 Å². The molecule has 4 heteroatoms. The van der Waals surface area contributed by atoms with E-state index in [0.29, 0.717) is 12.3 Å². The third kappa shape index (κ3) is 4.48. The van der Waals surface area contributed by atoms with Crippen LogP contribution in [0.5, 0.6) is 0 Å². The van der Waals surface area contributed by atoms with E-state index in [9.17, 15) is 4.79 Å². The van der Waals surface area contributed by atoms with E-state index >= 15 is 0 Å². The van der Waals surface area contributed by atoms with Crippen molar-refractivity contribution in [3.05, 3.63) is 28.2 Å². The predicted molar refractivity (Wildman–Crippen MR) is 74.9 cm³/mol. The molecule has 1 rings (SSSR count). The minimum atomic E-state index is -0.456. The number of rotatable bonds is 4. The van der Waals surface area contributed by atoms with Crippen LogP contribution in [0.4, 0.5) is 5.69 Å². The summed E-state index contributed by atoms with van der Waals surface area (Å²) in [5.41, 5.74) is 7.70. The van der Waals surface area contributed by atoms with Crippen LogP contribution in [0.1, 0.15) is 25.8 Å². The molecule has 0 aliphatic carbocycles. The third-order valence-corrected chi connectivity index (χ3v) is 3.13. The van der Waals surface area contributed by atoms with Crippen LogP contribution in [0, 0.1) is 12.8 Å². The molecule has 0 radical (unpaired) electrons. The van der Waals surface area contributed by atoms with Gasteiger partial charge in [-0.1, -0.05) is 19.9 Å². The van der Waals surface area contributed by atoms with Crippen LogP contribution in [0.3, 0.4) is 0 Å². The van der Waals surface area contributed by atoms with Crippen molar-refractivity contribution < 1.29 is 4.79 Å². The number of benzene rings is 1. The molecular formula is C13H19BrN2O. The molecule has 0 unspecified atom stereocenters. The molecule has 0 aliphatic heterocycles. The monoisotopic (exact) mass is 298 g/mol. The van der Waals surface area contributed by atoms with E-state index in [0.717, 1.165) is 15.7 Å². The number of hydrogen-bond donors (Lipinski definition) is 2. The first-order chi connectivity index (χ1) is 7.90. The standard InChI is InChI=1S/C13H19BrN2O/c1-8(2)6-11(15)13(17)16-12-7-9(3)4-5-10(12)14/h4-5,7-8,11H,6,15H2,1-3H3,(H,16,17)/t11-/m0/s1. The summed E-state index contributed by atoms with van der Waals surface area (Å²) < 4.78 is 0.869. The molecule has 0 aromatic heterocycles. The Bertz CT molecular complexity index is 404. The molecule has 94 valence electrons. The number of anilines is 1. The van der Waals surface area contributed by atoms with E-state index < -0.39 is 6.04 Å². The molecule has 3 N–H and O–H groups in total. The minimum absolute atomic E-state index is 0.134. The maximum absolute atomic E-state index is 11.9. The first-order valence-corrected chi connectivity index (χ1v) is 6.52. The van der Waals surface area contributed by atoms with Crippen LogP contribution in [-0.2, 0) is 4.79 Å². The summed E-state index contributed by atoms with van der Waals surface area (Å²) in [6, 6.07) is 5.36. The average molecular weight is 299 g/mol. The van der Waals surface area contributed by atoms with E-state index in [-0.39, 0.29) is 5.91 Å². The zero-order chi connectivity index (χ0) is 13.0. The van der Waals surface area contributed by atoms with Gasteiger partial charge in [0.05, 0.1) is 11.7 Å². The number of aryl methyl sites for hydroxylation is 1. The molecule has 0 saturated heterocycles. The maximum Gasteiger partial charge on any atom is 0.241 e. The summed E-state index contributed by atoms with van der Waals surface area (Å²) in [7, 11) is 0. The van der Waals surface area contributed by atoms with Crippen molar-refractivity contribution in [3.8, 4) is 0 Å². The van der Waals surface area contributed by atoms with Crippen LogP contribution in [-0.4, -0.2) is 11.9 Å². The normalized spacial score (nSPS) is 12.6. The molecule has 0 aliphatic rings. The average Bonchev–Trinajstić information content (AvgIpc) is 2.22. The zero-order valence-corrected chi connectivity index (χ0v) is 12.0. The number of nitrogens with two attached hydrogens (primary N) is 1. The van der Waals surface area contributed by atoms with E-state index in [1.807, 2.05) is 25.1 Å². The van der Waals surface area contributed by atoms with Crippen molar-refractivity contribution in [3.63, 3.8) is 0 Å². The number of carbonyl (C=O) groups is 1. The molecule has 0 heterocycles. The highest BCUT2D eigenvalue weighted by Gasteiger charge is 2.15. The van der Waals surface area contributed by atoms with Gasteiger partial charge in [0.25, 0.3) is 0 Å². The largest absolute Gasteiger partial charge is 0.324 e. The Morgan fingerprint density at radius 2 is 2.12 bits per heavy atom. The molecule has 0 spiro atoms. The first kappa shape index (κ1) is 14.2. The fraction of sp³-hybridized carbons (Fsp3) is 0.462. The Kier molecular flexibility index (Phi) is 5.15. The topological polar surface area (TPSA) is 55.1 Å². The summed E-state index contributed by atoms with van der Waals surface area (Å²) in [4.78, 5) is 11.9. The summed E-state index contributed by atoms with van der Waals surface area (Å²) >= 11 is 3.40. The second kappa shape index (κ2) is 6.17. The number of amides is 1. The van der Waals surface area contributed by atoms with Gasteiger partial charge < -0.3 is 11.1 Å². The molecule has 1 aromatic rings. The lowest BCUT2D eigenvalue weighted by Gasteiger charge is -2.15. The third-order valence-electron chi connectivity index (χ3n) is 2.44. The molecule has 0 saturated carbocycles. The van der Waals surface area contributed by atoms with Gasteiger partial charge in [-0.15, -0.1) is 0 Å². The van der Waals surface area contributed by atoms with E-state index in [4.69, 9.17) is 5.73 Å². The highest BCUT2D eigenvalue weighted by molar-refractivity contribution is 9.10. The number of carbonyl (C=O) groups excluding carboxylic acids is 1. The molecule has 17 heavy (non-hydrogen) atoms. The summed E-state index contributed by atoms with van der Waals surface area (Å²) in [5, 5.41) is 2.85. The van der Waals surface area contributed by atoms with Crippen molar-refractivity contribution in [1.29, 1.82) is 0 Å². The van der Waals surface area contributed by atoms with Gasteiger partial charge in [-0.05, 0) is 52.9 Å². The molecule has 0 bridgehead atoms. The Labute approximate surface area is 111 Å². The Balaban J connectivity index is 2.70. The summed E-state index contributed by atoms with van der Waals surface area (Å²) in [6.45, 7) is 6.08. The van der Waals surface area contributed by atoms with Crippen molar-refractivity contribution >= 4 is 27.5 Å². The lowest BCUT2D eigenvalue weighted by molar-refractivity contribution is -0.117. The zero-order valence-electron chi connectivity index (χ0n) is 10.5. The molecule has 3 nitrogen and oxygen atoms in total. The minimum Gasteiger partial charge on any atom is -0.324 e. The van der Waals surface area contributed by atoms with Gasteiger partial charge in [0.15, 0.2) is 0 Å². The fourth-order valence-corrected chi connectivity index (χ4v) is 1.92. The van der Waals surface area contributed by atoms with E-state index in [1.54, 1.807) is 0 Å². The maximum atomic E-state index is 11.9. The highest BCUT2D eigenvalue weighted by Crippen LogP contribution is 2.23. The lowest BCUT2D eigenvalue weighted by atomic mass is 10.0. The van der Waals surface area contributed by atoms with E-state index in [2.05, 4.69) is 35.1 Å². The van der Waals surface area contributed by atoms with Crippen molar-refractivity contribution in [1.82, 2.24) is 0 Å². The fourth-order valence-electron chi connectivity index (χ4n) is 1.58.